The van der Waals surface area contributed by atoms with Gasteiger partial charge in [-0.05, 0) is 13.8 Å². The number of carbonyl (C=O) groups excluding carboxylic acids is 1. The molecule has 6 heavy (non-hydrogen) atoms. The molecule has 0 radical (unpaired) electrons. The minimum Gasteiger partial charge on any atom is -0.300 e. The van der Waals surface area contributed by atoms with Crippen LogP contribution in [0.4, 0.5) is 0 Å². The van der Waals surface area contributed by atoms with Crippen LogP contribution in [-0.2, 0) is 38.4 Å². The van der Waals surface area contributed by atoms with E-state index >= 15 is 0 Å². The maximum Gasteiger partial charge on any atom is 0.126 e. The van der Waals surface area contributed by atoms with E-state index in [1.54, 1.807) is 0 Å². The Morgan fingerprint density at radius 3 is 1.33 bits per heavy atom. The second-order valence-electron chi connectivity index (χ2n) is 0.908. The van der Waals surface area contributed by atoms with Crippen molar-refractivity contribution in [2.45, 2.75) is 13.8 Å². The summed E-state index contributed by atoms with van der Waals surface area (Å²) in [5, 5.41) is 0. The Kier molecular flexibility index (Phi) is 24.4. The number of hydrogen-bond acceptors (Lipinski definition) is 1. The average Bonchev–Trinajstić information content (AvgIpc) is 0.811. The van der Waals surface area contributed by atoms with Gasteiger partial charge in [0.05, 0.1) is 0 Å². The van der Waals surface area contributed by atoms with Crippen LogP contribution >= 0.6 is 0 Å². The van der Waals surface area contributed by atoms with Crippen LogP contribution in [0.15, 0.2) is 0 Å². The second kappa shape index (κ2) is 9.19. The van der Waals surface area contributed by atoms with E-state index in [0.29, 0.717) is 0 Å². The molecule has 0 heterocycles. The molecule has 0 fully saturated rings. The quantitative estimate of drug-likeness (QED) is 0.489. The zero-order valence-corrected chi connectivity index (χ0v) is 5.67. The largest absolute Gasteiger partial charge is 0.300 e. The predicted octanol–water partition coefficient (Wildman–Crippen LogP) is 0.590. The van der Waals surface area contributed by atoms with Gasteiger partial charge in [-0.3, -0.25) is 0 Å². The third-order valence-electron chi connectivity index (χ3n) is 0. The fraction of sp³-hybridized carbons (Fsp3) is 0.667. The minimum atomic E-state index is 0. The van der Waals surface area contributed by atoms with Crippen LogP contribution in [0.25, 0.3) is 0 Å². The first kappa shape index (κ1) is 15.9. The Balaban J connectivity index is -0.0000000450. The molecule has 3 heteroatoms. The van der Waals surface area contributed by atoms with E-state index in [9.17, 15) is 4.79 Å². The SMILES string of the molecule is CC(C)=O.[Fe].[Ni]. The van der Waals surface area contributed by atoms with Gasteiger partial charge in [0.2, 0.25) is 0 Å². The predicted molar refractivity (Wildman–Crippen MR) is 16.4 cm³/mol. The molecule has 0 aromatic rings. The van der Waals surface area contributed by atoms with Crippen molar-refractivity contribution in [3.8, 4) is 0 Å². The summed E-state index contributed by atoms with van der Waals surface area (Å²) in [4.78, 5) is 9.44. The van der Waals surface area contributed by atoms with E-state index < -0.39 is 0 Å². The molecule has 0 N–H and O–H groups in total. The summed E-state index contributed by atoms with van der Waals surface area (Å²) in [6.07, 6.45) is 0. The summed E-state index contributed by atoms with van der Waals surface area (Å²) >= 11 is 0. The third kappa shape index (κ3) is 136. The van der Waals surface area contributed by atoms with Crippen LogP contribution in [0.3, 0.4) is 0 Å². The van der Waals surface area contributed by atoms with Gasteiger partial charge < -0.3 is 4.79 Å². The first-order chi connectivity index (χ1) is 1.73. The van der Waals surface area contributed by atoms with Gasteiger partial charge >= 0.3 is 0 Å². The van der Waals surface area contributed by atoms with Gasteiger partial charge in [-0.15, -0.1) is 0 Å². The molecule has 0 aromatic heterocycles. The fourth-order valence-corrected chi connectivity index (χ4v) is 0. The Hall–Kier alpha value is 0.683. The number of rotatable bonds is 0. The van der Waals surface area contributed by atoms with Crippen molar-refractivity contribution in [1.82, 2.24) is 0 Å². The maximum absolute atomic E-state index is 9.44. The van der Waals surface area contributed by atoms with Crippen molar-refractivity contribution in [1.29, 1.82) is 0 Å². The van der Waals surface area contributed by atoms with Gasteiger partial charge in [0.1, 0.15) is 5.78 Å². The Morgan fingerprint density at radius 1 is 1.33 bits per heavy atom. The summed E-state index contributed by atoms with van der Waals surface area (Å²) in [5.74, 6) is 0.167. The summed E-state index contributed by atoms with van der Waals surface area (Å²) in [5.41, 5.74) is 0. The van der Waals surface area contributed by atoms with Crippen molar-refractivity contribution in [3.05, 3.63) is 0 Å². The first-order valence-corrected chi connectivity index (χ1v) is 1.20. The molecule has 0 bridgehead atoms. The van der Waals surface area contributed by atoms with Gasteiger partial charge in [0, 0.05) is 33.6 Å². The van der Waals surface area contributed by atoms with Gasteiger partial charge in [-0.2, -0.15) is 0 Å². The second-order valence-corrected chi connectivity index (χ2v) is 0.908. The smallest absolute Gasteiger partial charge is 0.126 e. The van der Waals surface area contributed by atoms with E-state index in [1.165, 1.54) is 13.8 Å². The molecule has 0 rings (SSSR count). The van der Waals surface area contributed by atoms with Gasteiger partial charge in [-0.25, -0.2) is 0 Å². The molecule has 0 aliphatic rings. The number of ketones is 1. The Bertz CT molecular complexity index is 33.8. The van der Waals surface area contributed by atoms with Crippen LogP contribution in [0.2, 0.25) is 0 Å². The number of hydrogen-bond donors (Lipinski definition) is 0. The molecule has 0 saturated carbocycles. The molecule has 1 nitrogen and oxygen atoms in total. The van der Waals surface area contributed by atoms with Crippen LogP contribution < -0.4 is 0 Å². The normalized spacial score (nSPS) is 4.33. The Labute approximate surface area is 58.3 Å². The zero-order valence-electron chi connectivity index (χ0n) is 3.58. The monoisotopic (exact) mass is 172 g/mol. The van der Waals surface area contributed by atoms with Crippen molar-refractivity contribution in [2.75, 3.05) is 0 Å². The molecular weight excluding hydrogens is 167 g/mol. The van der Waals surface area contributed by atoms with Crippen molar-refractivity contribution in [2.24, 2.45) is 0 Å². The van der Waals surface area contributed by atoms with E-state index in [2.05, 4.69) is 0 Å². The van der Waals surface area contributed by atoms with Crippen molar-refractivity contribution >= 4 is 5.78 Å². The van der Waals surface area contributed by atoms with E-state index in [4.69, 9.17) is 0 Å². The standard InChI is InChI=1S/C3H6O.Fe.Ni/c1-3(2)4;;/h1-2H3;;. The molecular formula is C3H6FeNiO. The Morgan fingerprint density at radius 2 is 1.33 bits per heavy atom. The molecule has 0 atom stereocenters. The summed E-state index contributed by atoms with van der Waals surface area (Å²) in [6, 6.07) is 0. The molecule has 42 valence electrons. The average molecular weight is 173 g/mol. The van der Waals surface area contributed by atoms with Gasteiger partial charge in [0.15, 0.2) is 0 Å². The summed E-state index contributed by atoms with van der Waals surface area (Å²) in [6.45, 7) is 3.06. The fourth-order valence-electron chi connectivity index (χ4n) is 0. The minimum absolute atomic E-state index is 0. The van der Waals surface area contributed by atoms with E-state index in [-0.39, 0.29) is 39.3 Å². The van der Waals surface area contributed by atoms with Crippen molar-refractivity contribution < 1.29 is 38.4 Å². The number of Topliss-reactive ketones (excluding diaryl/α,β-unsaturated/α-hetero) is 1. The van der Waals surface area contributed by atoms with E-state index in [1.807, 2.05) is 0 Å². The van der Waals surface area contributed by atoms with Gasteiger partial charge in [0.25, 0.3) is 0 Å². The van der Waals surface area contributed by atoms with Crippen LogP contribution in [0, 0.1) is 0 Å². The molecule has 0 unspecified atom stereocenters. The summed E-state index contributed by atoms with van der Waals surface area (Å²) in [7, 11) is 0. The van der Waals surface area contributed by atoms with Crippen LogP contribution in [-0.4, -0.2) is 5.78 Å². The summed E-state index contributed by atoms with van der Waals surface area (Å²) < 4.78 is 0. The molecule has 0 saturated heterocycles. The van der Waals surface area contributed by atoms with Crippen LogP contribution in [0.1, 0.15) is 13.8 Å². The number of carbonyl (C=O) groups is 1. The van der Waals surface area contributed by atoms with Crippen LogP contribution in [0.5, 0.6) is 0 Å². The maximum atomic E-state index is 9.44. The topological polar surface area (TPSA) is 17.1 Å². The van der Waals surface area contributed by atoms with Gasteiger partial charge in [-0.1, -0.05) is 0 Å². The molecule has 0 amide bonds. The zero-order chi connectivity index (χ0) is 3.58. The third-order valence-corrected chi connectivity index (χ3v) is 0. The molecule has 0 aromatic carbocycles. The first-order valence-electron chi connectivity index (χ1n) is 1.20. The molecule has 0 aliphatic carbocycles. The molecule has 0 spiro atoms. The van der Waals surface area contributed by atoms with Crippen molar-refractivity contribution in [3.63, 3.8) is 0 Å². The van der Waals surface area contributed by atoms with E-state index in [0.717, 1.165) is 0 Å². The molecule has 0 aliphatic heterocycles.